The molecule has 1 aliphatic carbocycles. The molecule has 1 amide bonds. The maximum atomic E-state index is 12.4. The van der Waals surface area contributed by atoms with Crippen LogP contribution in [0.2, 0.25) is 0 Å². The molecular formula is C22H21BrN2O2S. The van der Waals surface area contributed by atoms with E-state index in [-0.39, 0.29) is 5.91 Å². The smallest absolute Gasteiger partial charge is 0.264 e. The molecule has 144 valence electrons. The number of amidine groups is 1. The average Bonchev–Trinajstić information content (AvgIpc) is 3.32. The first-order valence-electron chi connectivity index (χ1n) is 9.42. The zero-order chi connectivity index (χ0) is 19.3. The Hall–Kier alpha value is -2.05. The Morgan fingerprint density at radius 2 is 1.96 bits per heavy atom. The number of benzene rings is 2. The summed E-state index contributed by atoms with van der Waals surface area (Å²) in [6, 6.07) is 16.2. The van der Waals surface area contributed by atoms with Crippen LogP contribution in [-0.4, -0.2) is 17.1 Å². The second kappa shape index (κ2) is 8.97. The fourth-order valence-corrected chi connectivity index (χ4v) is 4.59. The number of thioether (sulfide) groups is 1. The maximum absolute atomic E-state index is 12.4. The summed E-state index contributed by atoms with van der Waals surface area (Å²) in [4.78, 5) is 17.7. The van der Waals surface area contributed by atoms with E-state index < -0.39 is 0 Å². The lowest BCUT2D eigenvalue weighted by Gasteiger charge is -2.10. The van der Waals surface area contributed by atoms with E-state index in [4.69, 9.17) is 9.73 Å². The van der Waals surface area contributed by atoms with E-state index in [1.54, 1.807) is 0 Å². The summed E-state index contributed by atoms with van der Waals surface area (Å²) < 4.78 is 6.96. The molecule has 0 bridgehead atoms. The molecule has 0 radical (unpaired) electrons. The Labute approximate surface area is 177 Å². The molecular weight excluding hydrogens is 436 g/mol. The molecule has 1 saturated carbocycles. The Morgan fingerprint density at radius 3 is 2.75 bits per heavy atom. The molecule has 0 aromatic heterocycles. The van der Waals surface area contributed by atoms with Crippen LogP contribution in [-0.2, 0) is 11.4 Å². The second-order valence-electron chi connectivity index (χ2n) is 6.89. The molecule has 2 aromatic rings. The van der Waals surface area contributed by atoms with Crippen molar-refractivity contribution in [2.45, 2.75) is 38.3 Å². The van der Waals surface area contributed by atoms with Gasteiger partial charge in [0, 0.05) is 10.0 Å². The van der Waals surface area contributed by atoms with Gasteiger partial charge < -0.3 is 10.1 Å². The van der Waals surface area contributed by atoms with Crippen molar-refractivity contribution in [3.05, 3.63) is 69.0 Å². The lowest BCUT2D eigenvalue weighted by molar-refractivity contribution is -0.115. The molecule has 1 heterocycles. The van der Waals surface area contributed by atoms with Crippen LogP contribution in [0.25, 0.3) is 6.08 Å². The summed E-state index contributed by atoms with van der Waals surface area (Å²) in [6.45, 7) is 0.479. The molecule has 28 heavy (non-hydrogen) atoms. The van der Waals surface area contributed by atoms with Gasteiger partial charge >= 0.3 is 0 Å². The number of hydrogen-bond donors (Lipinski definition) is 1. The van der Waals surface area contributed by atoms with Gasteiger partial charge in [0.2, 0.25) is 0 Å². The SMILES string of the molecule is O=C1NC(=NC2CCCC2)SC1=Cc1cc(Br)ccc1OCc1ccccc1. The van der Waals surface area contributed by atoms with Gasteiger partial charge in [0.1, 0.15) is 12.4 Å². The first-order valence-corrected chi connectivity index (χ1v) is 11.0. The molecule has 1 N–H and O–H groups in total. The zero-order valence-corrected chi connectivity index (χ0v) is 17.8. The van der Waals surface area contributed by atoms with Gasteiger partial charge in [-0.1, -0.05) is 59.1 Å². The third kappa shape index (κ3) is 4.86. The second-order valence-corrected chi connectivity index (χ2v) is 8.84. The van der Waals surface area contributed by atoms with Crippen LogP contribution in [0, 0.1) is 0 Å². The fraction of sp³-hybridized carbons (Fsp3) is 0.273. The molecule has 0 atom stereocenters. The lowest BCUT2D eigenvalue weighted by atomic mass is 10.2. The van der Waals surface area contributed by atoms with E-state index in [1.807, 2.05) is 54.6 Å². The Kier molecular flexibility index (Phi) is 6.17. The van der Waals surface area contributed by atoms with E-state index >= 15 is 0 Å². The van der Waals surface area contributed by atoms with E-state index in [9.17, 15) is 4.79 Å². The van der Waals surface area contributed by atoms with Gasteiger partial charge in [-0.3, -0.25) is 9.79 Å². The number of carbonyl (C=O) groups is 1. The van der Waals surface area contributed by atoms with Crippen molar-refractivity contribution in [3.8, 4) is 5.75 Å². The summed E-state index contributed by atoms with van der Waals surface area (Å²) in [7, 11) is 0. The van der Waals surface area contributed by atoms with E-state index in [0.717, 1.165) is 34.2 Å². The van der Waals surface area contributed by atoms with Crippen LogP contribution >= 0.6 is 27.7 Å². The average molecular weight is 457 g/mol. The minimum atomic E-state index is -0.101. The standard InChI is InChI=1S/C22H21BrN2O2S/c23-17-10-11-19(27-14-15-6-2-1-3-7-15)16(12-17)13-20-21(26)25-22(28-20)24-18-8-4-5-9-18/h1-3,6-7,10-13,18H,4-5,8-9,14H2,(H,24,25,26). The number of hydrogen-bond acceptors (Lipinski definition) is 4. The number of amides is 1. The van der Waals surface area contributed by atoms with Crippen molar-refractivity contribution in [2.24, 2.45) is 4.99 Å². The third-order valence-corrected chi connectivity index (χ3v) is 6.19. The van der Waals surface area contributed by atoms with Gasteiger partial charge in [-0.25, -0.2) is 0 Å². The van der Waals surface area contributed by atoms with Crippen LogP contribution in [0.1, 0.15) is 36.8 Å². The molecule has 1 aliphatic heterocycles. The molecule has 4 nitrogen and oxygen atoms in total. The zero-order valence-electron chi connectivity index (χ0n) is 15.4. The van der Waals surface area contributed by atoms with Gasteiger partial charge in [-0.05, 0) is 54.4 Å². The van der Waals surface area contributed by atoms with E-state index in [1.165, 1.54) is 24.6 Å². The highest BCUT2D eigenvalue weighted by molar-refractivity contribution is 9.10. The number of halogens is 1. The van der Waals surface area contributed by atoms with E-state index in [0.29, 0.717) is 22.7 Å². The summed E-state index contributed by atoms with van der Waals surface area (Å²) in [6.07, 6.45) is 6.55. The minimum absolute atomic E-state index is 0.101. The maximum Gasteiger partial charge on any atom is 0.264 e. The topological polar surface area (TPSA) is 50.7 Å². The third-order valence-electron chi connectivity index (χ3n) is 4.77. The van der Waals surface area contributed by atoms with Crippen molar-refractivity contribution < 1.29 is 9.53 Å². The summed E-state index contributed by atoms with van der Waals surface area (Å²) in [5.74, 6) is 0.643. The number of nitrogens with one attached hydrogen (secondary N) is 1. The van der Waals surface area contributed by atoms with Gasteiger partial charge in [0.15, 0.2) is 5.17 Å². The highest BCUT2D eigenvalue weighted by Gasteiger charge is 2.26. The van der Waals surface area contributed by atoms with Crippen molar-refractivity contribution in [3.63, 3.8) is 0 Å². The molecule has 6 heteroatoms. The first-order chi connectivity index (χ1) is 13.7. The van der Waals surface area contributed by atoms with Gasteiger partial charge in [-0.15, -0.1) is 0 Å². The first kappa shape index (κ1) is 19.3. The van der Waals surface area contributed by atoms with Crippen LogP contribution in [0.4, 0.5) is 0 Å². The van der Waals surface area contributed by atoms with Crippen molar-refractivity contribution in [2.75, 3.05) is 0 Å². The molecule has 0 spiro atoms. The van der Waals surface area contributed by atoms with Gasteiger partial charge in [-0.2, -0.15) is 0 Å². The minimum Gasteiger partial charge on any atom is -0.488 e. The molecule has 2 fully saturated rings. The number of ether oxygens (including phenoxy) is 1. The Bertz CT molecular complexity index is 921. The van der Waals surface area contributed by atoms with Gasteiger partial charge in [0.25, 0.3) is 5.91 Å². The largest absolute Gasteiger partial charge is 0.488 e. The van der Waals surface area contributed by atoms with Crippen molar-refractivity contribution >= 4 is 44.8 Å². The van der Waals surface area contributed by atoms with Crippen LogP contribution < -0.4 is 10.1 Å². The van der Waals surface area contributed by atoms with Crippen molar-refractivity contribution in [1.82, 2.24) is 5.32 Å². The molecule has 2 aromatic carbocycles. The highest BCUT2D eigenvalue weighted by Crippen LogP contribution is 2.32. The predicted octanol–water partition coefficient (Wildman–Crippen LogP) is 5.53. The number of rotatable bonds is 5. The number of aliphatic imine (C=N–C) groups is 1. The normalized spacial score (nSPS) is 20.1. The van der Waals surface area contributed by atoms with Crippen LogP contribution in [0.15, 0.2) is 62.9 Å². The highest BCUT2D eigenvalue weighted by atomic mass is 79.9. The Balaban J connectivity index is 1.53. The van der Waals surface area contributed by atoms with E-state index in [2.05, 4.69) is 21.2 Å². The van der Waals surface area contributed by atoms with Crippen molar-refractivity contribution in [1.29, 1.82) is 0 Å². The quantitative estimate of drug-likeness (QED) is 0.601. The molecule has 4 rings (SSSR count). The molecule has 2 aliphatic rings. The lowest BCUT2D eigenvalue weighted by Crippen LogP contribution is -2.21. The monoisotopic (exact) mass is 456 g/mol. The number of carbonyl (C=O) groups excluding carboxylic acids is 1. The van der Waals surface area contributed by atoms with Crippen LogP contribution in [0.5, 0.6) is 5.75 Å². The van der Waals surface area contributed by atoms with Gasteiger partial charge in [0.05, 0.1) is 10.9 Å². The summed E-state index contributed by atoms with van der Waals surface area (Å²) in [5.41, 5.74) is 1.97. The fourth-order valence-electron chi connectivity index (χ4n) is 3.33. The molecule has 1 saturated heterocycles. The number of nitrogens with zero attached hydrogens (tertiary/aromatic N) is 1. The Morgan fingerprint density at radius 1 is 1.18 bits per heavy atom. The molecule has 0 unspecified atom stereocenters. The summed E-state index contributed by atoms with van der Waals surface area (Å²) in [5, 5.41) is 3.61. The van der Waals surface area contributed by atoms with Crippen LogP contribution in [0.3, 0.4) is 0 Å². The summed E-state index contributed by atoms with van der Waals surface area (Å²) >= 11 is 4.92. The predicted molar refractivity (Wildman–Crippen MR) is 118 cm³/mol.